The van der Waals surface area contributed by atoms with Gasteiger partial charge < -0.3 is 19.8 Å². The number of aromatic nitrogens is 1. The molecule has 1 aromatic heterocycles. The van der Waals surface area contributed by atoms with E-state index >= 15 is 0 Å². The molecule has 1 heterocycles. The molecule has 1 amide bonds. The van der Waals surface area contributed by atoms with E-state index in [1.807, 2.05) is 48.5 Å². The van der Waals surface area contributed by atoms with Gasteiger partial charge in [0.05, 0.1) is 13.0 Å². The lowest BCUT2D eigenvalue weighted by Crippen LogP contribution is -2.32. The Hall–Kier alpha value is -3.28. The Balaban J connectivity index is 1.34. The van der Waals surface area contributed by atoms with E-state index in [4.69, 9.17) is 9.47 Å². The van der Waals surface area contributed by atoms with Crippen molar-refractivity contribution in [2.24, 2.45) is 0 Å². The van der Waals surface area contributed by atoms with Gasteiger partial charge in [0.2, 0.25) is 0 Å². The van der Waals surface area contributed by atoms with Crippen LogP contribution in [0.4, 0.5) is 0 Å². The fourth-order valence-corrected chi connectivity index (χ4v) is 3.09. The number of fused-ring (bicyclic) bond motifs is 1. The van der Waals surface area contributed by atoms with Crippen molar-refractivity contribution in [3.05, 3.63) is 65.9 Å². The molecule has 0 unspecified atom stereocenters. The number of para-hydroxylation sites is 1. The smallest absolute Gasteiger partial charge is 0.310 e. The van der Waals surface area contributed by atoms with Gasteiger partial charge in [-0.2, -0.15) is 0 Å². The highest BCUT2D eigenvalue weighted by Crippen LogP contribution is 2.24. The minimum absolute atomic E-state index is 0.0954. The second-order valence-corrected chi connectivity index (χ2v) is 8.17. The average molecular weight is 408 g/mol. The number of ether oxygens (including phenoxy) is 2. The number of benzene rings is 2. The molecule has 0 aliphatic rings. The third kappa shape index (κ3) is 5.86. The lowest BCUT2D eigenvalue weighted by molar-refractivity contribution is -0.147. The van der Waals surface area contributed by atoms with Crippen molar-refractivity contribution in [3.63, 3.8) is 0 Å². The highest BCUT2D eigenvalue weighted by atomic mass is 16.5. The number of H-pyrrole nitrogens is 1. The predicted molar refractivity (Wildman–Crippen MR) is 117 cm³/mol. The number of aromatic amines is 1. The van der Waals surface area contributed by atoms with E-state index in [-0.39, 0.29) is 24.3 Å². The Morgan fingerprint density at radius 3 is 2.50 bits per heavy atom. The van der Waals surface area contributed by atoms with Gasteiger partial charge in [-0.05, 0) is 34.7 Å². The summed E-state index contributed by atoms with van der Waals surface area (Å²) in [6.07, 6.45) is 1.91. The lowest BCUT2D eigenvalue weighted by atomic mass is 9.87. The Bertz CT molecular complexity index is 1000. The standard InChI is InChI=1S/C24H28N2O4/c1-24(2,3)18-8-10-19(11-9-18)29-13-12-25-22(27)16-30-23(28)14-17-15-26-21-7-5-4-6-20(17)21/h4-11,15,26H,12-14,16H2,1-3H3,(H,25,27). The van der Waals surface area contributed by atoms with Gasteiger partial charge in [-0.3, -0.25) is 9.59 Å². The van der Waals surface area contributed by atoms with E-state index in [0.717, 1.165) is 22.2 Å². The molecule has 0 fully saturated rings. The summed E-state index contributed by atoms with van der Waals surface area (Å²) in [5, 5.41) is 3.66. The maximum atomic E-state index is 12.0. The van der Waals surface area contributed by atoms with Crippen molar-refractivity contribution in [1.82, 2.24) is 10.3 Å². The molecule has 0 saturated carbocycles. The summed E-state index contributed by atoms with van der Waals surface area (Å²) >= 11 is 0. The summed E-state index contributed by atoms with van der Waals surface area (Å²) in [5.74, 6) is -0.0403. The van der Waals surface area contributed by atoms with Crippen LogP contribution in [-0.4, -0.2) is 36.6 Å². The molecule has 158 valence electrons. The molecule has 0 spiro atoms. The Labute approximate surface area is 176 Å². The molecule has 3 aromatic rings. The van der Waals surface area contributed by atoms with E-state index in [9.17, 15) is 9.59 Å². The summed E-state index contributed by atoms with van der Waals surface area (Å²) in [5.41, 5.74) is 3.14. The van der Waals surface area contributed by atoms with Crippen LogP contribution in [0, 0.1) is 0 Å². The van der Waals surface area contributed by atoms with Gasteiger partial charge in [-0.25, -0.2) is 0 Å². The van der Waals surface area contributed by atoms with Crippen molar-refractivity contribution < 1.29 is 19.1 Å². The highest BCUT2D eigenvalue weighted by molar-refractivity contribution is 5.88. The van der Waals surface area contributed by atoms with Gasteiger partial charge in [0.15, 0.2) is 6.61 Å². The Kier molecular flexibility index (Phi) is 6.77. The first-order chi connectivity index (χ1) is 14.3. The topological polar surface area (TPSA) is 80.4 Å². The highest BCUT2D eigenvalue weighted by Gasteiger charge is 2.13. The van der Waals surface area contributed by atoms with E-state index in [2.05, 4.69) is 31.1 Å². The molecular weight excluding hydrogens is 380 g/mol. The van der Waals surface area contributed by atoms with Gasteiger partial charge in [0.1, 0.15) is 12.4 Å². The molecule has 0 atom stereocenters. The summed E-state index contributed by atoms with van der Waals surface area (Å²) in [4.78, 5) is 27.0. The number of hydrogen-bond acceptors (Lipinski definition) is 4. The zero-order valence-corrected chi connectivity index (χ0v) is 17.7. The van der Waals surface area contributed by atoms with E-state index in [1.54, 1.807) is 6.20 Å². The quantitative estimate of drug-likeness (QED) is 0.439. The number of rotatable bonds is 8. The van der Waals surface area contributed by atoms with Gasteiger partial charge in [-0.15, -0.1) is 0 Å². The summed E-state index contributed by atoms with van der Waals surface area (Å²) in [6.45, 7) is 6.84. The molecule has 0 radical (unpaired) electrons. The molecule has 0 bridgehead atoms. The molecule has 6 nitrogen and oxygen atoms in total. The Morgan fingerprint density at radius 2 is 1.77 bits per heavy atom. The monoisotopic (exact) mass is 408 g/mol. The van der Waals surface area contributed by atoms with Crippen molar-refractivity contribution in [2.45, 2.75) is 32.6 Å². The molecule has 0 saturated heterocycles. The van der Waals surface area contributed by atoms with Crippen LogP contribution in [0.15, 0.2) is 54.7 Å². The second-order valence-electron chi connectivity index (χ2n) is 8.17. The van der Waals surface area contributed by atoms with Gasteiger partial charge in [0, 0.05) is 17.1 Å². The SMILES string of the molecule is CC(C)(C)c1ccc(OCCNC(=O)COC(=O)Cc2c[nH]c3ccccc23)cc1. The average Bonchev–Trinajstić information content (AvgIpc) is 3.12. The zero-order chi connectivity index (χ0) is 21.6. The summed E-state index contributed by atoms with van der Waals surface area (Å²) in [7, 11) is 0. The fraction of sp³-hybridized carbons (Fsp3) is 0.333. The second kappa shape index (κ2) is 9.48. The number of hydrogen-bond donors (Lipinski definition) is 2. The Morgan fingerprint density at radius 1 is 1.03 bits per heavy atom. The molecular formula is C24H28N2O4. The van der Waals surface area contributed by atoms with Crippen LogP contribution in [0.2, 0.25) is 0 Å². The summed E-state index contributed by atoms with van der Waals surface area (Å²) < 4.78 is 10.7. The largest absolute Gasteiger partial charge is 0.492 e. The number of carbonyl (C=O) groups is 2. The van der Waals surface area contributed by atoms with Crippen molar-refractivity contribution in [2.75, 3.05) is 19.8 Å². The molecule has 2 N–H and O–H groups in total. The van der Waals surface area contributed by atoms with Gasteiger partial charge in [0.25, 0.3) is 5.91 Å². The number of amides is 1. The predicted octanol–water partition coefficient (Wildman–Crippen LogP) is 3.75. The van der Waals surface area contributed by atoms with Crippen LogP contribution in [0.1, 0.15) is 31.9 Å². The lowest BCUT2D eigenvalue weighted by Gasteiger charge is -2.19. The first-order valence-electron chi connectivity index (χ1n) is 10.0. The van der Waals surface area contributed by atoms with Crippen LogP contribution < -0.4 is 10.1 Å². The van der Waals surface area contributed by atoms with Crippen LogP contribution >= 0.6 is 0 Å². The van der Waals surface area contributed by atoms with Gasteiger partial charge in [-0.1, -0.05) is 51.1 Å². The summed E-state index contributed by atoms with van der Waals surface area (Å²) in [6, 6.07) is 15.7. The van der Waals surface area contributed by atoms with Crippen LogP contribution in [0.5, 0.6) is 5.75 Å². The van der Waals surface area contributed by atoms with Crippen molar-refractivity contribution in [1.29, 1.82) is 0 Å². The molecule has 6 heteroatoms. The van der Waals surface area contributed by atoms with E-state index in [1.165, 1.54) is 5.56 Å². The number of carbonyl (C=O) groups excluding carboxylic acids is 2. The third-order valence-electron chi connectivity index (χ3n) is 4.79. The number of nitrogens with one attached hydrogen (secondary N) is 2. The number of esters is 1. The molecule has 0 aliphatic heterocycles. The molecule has 0 aliphatic carbocycles. The third-order valence-corrected chi connectivity index (χ3v) is 4.79. The van der Waals surface area contributed by atoms with Crippen LogP contribution in [-0.2, 0) is 26.2 Å². The fourth-order valence-electron chi connectivity index (χ4n) is 3.09. The zero-order valence-electron chi connectivity index (χ0n) is 17.7. The van der Waals surface area contributed by atoms with Gasteiger partial charge >= 0.3 is 5.97 Å². The molecule has 3 rings (SSSR count). The first-order valence-corrected chi connectivity index (χ1v) is 10.0. The first kappa shape index (κ1) is 21.4. The van der Waals surface area contributed by atoms with Crippen molar-refractivity contribution >= 4 is 22.8 Å². The molecule has 30 heavy (non-hydrogen) atoms. The van der Waals surface area contributed by atoms with Crippen molar-refractivity contribution in [3.8, 4) is 5.75 Å². The maximum Gasteiger partial charge on any atom is 0.310 e. The normalized spacial score (nSPS) is 11.3. The van der Waals surface area contributed by atoms with Crippen LogP contribution in [0.25, 0.3) is 10.9 Å². The molecule has 2 aromatic carbocycles. The van der Waals surface area contributed by atoms with E-state index < -0.39 is 5.97 Å². The maximum absolute atomic E-state index is 12.0. The minimum Gasteiger partial charge on any atom is -0.492 e. The van der Waals surface area contributed by atoms with E-state index in [0.29, 0.717) is 13.2 Å². The minimum atomic E-state index is -0.440. The van der Waals surface area contributed by atoms with Crippen LogP contribution in [0.3, 0.4) is 0 Å².